The molecule has 0 atom stereocenters. The van der Waals surface area contributed by atoms with Crippen LogP contribution in [0.5, 0.6) is 0 Å². The third-order valence-electron chi connectivity index (χ3n) is 2.69. The highest BCUT2D eigenvalue weighted by atomic mass is 19.1. The van der Waals surface area contributed by atoms with Gasteiger partial charge in [-0.2, -0.15) is 0 Å². The van der Waals surface area contributed by atoms with Crippen molar-refractivity contribution in [2.24, 2.45) is 0 Å². The predicted octanol–water partition coefficient (Wildman–Crippen LogP) is 2.98. The number of hydrogen-bond acceptors (Lipinski definition) is 2. The lowest BCUT2D eigenvalue weighted by Gasteiger charge is -2.07. The zero-order valence-corrected chi connectivity index (χ0v) is 11.2. The van der Waals surface area contributed by atoms with Crippen molar-refractivity contribution in [3.63, 3.8) is 0 Å². The first-order chi connectivity index (χ1) is 9.58. The van der Waals surface area contributed by atoms with Crippen molar-refractivity contribution in [3.05, 3.63) is 30.1 Å². The highest BCUT2D eigenvalue weighted by Crippen LogP contribution is 2.08. The summed E-state index contributed by atoms with van der Waals surface area (Å²) in [4.78, 5) is 21.8. The molecule has 0 heterocycles. The fourth-order valence-corrected chi connectivity index (χ4v) is 1.70. The highest BCUT2D eigenvalue weighted by molar-refractivity contribution is 5.89. The van der Waals surface area contributed by atoms with Gasteiger partial charge in [0.2, 0.25) is 0 Å². The van der Waals surface area contributed by atoms with Gasteiger partial charge in [-0.3, -0.25) is 4.79 Å². The fraction of sp³-hybridized carbons (Fsp3) is 0.429. The average Bonchev–Trinajstić information content (AvgIpc) is 2.37. The van der Waals surface area contributed by atoms with Crippen molar-refractivity contribution < 1.29 is 19.1 Å². The minimum Gasteiger partial charge on any atom is -0.481 e. The molecule has 0 aromatic heterocycles. The average molecular weight is 282 g/mol. The molecule has 2 amide bonds. The van der Waals surface area contributed by atoms with Gasteiger partial charge in [0.25, 0.3) is 0 Å². The minimum atomic E-state index is -0.780. The molecule has 1 rings (SSSR count). The minimum absolute atomic E-state index is 0.188. The summed E-state index contributed by atoms with van der Waals surface area (Å²) in [5.74, 6) is -1.18. The second-order valence-corrected chi connectivity index (χ2v) is 4.45. The molecule has 0 bridgehead atoms. The summed E-state index contributed by atoms with van der Waals surface area (Å²) in [5, 5.41) is 13.7. The number of amides is 2. The summed E-state index contributed by atoms with van der Waals surface area (Å²) in [7, 11) is 0. The van der Waals surface area contributed by atoms with E-state index in [9.17, 15) is 14.0 Å². The van der Waals surface area contributed by atoms with Gasteiger partial charge in [0.1, 0.15) is 5.82 Å². The molecule has 0 spiro atoms. The topological polar surface area (TPSA) is 78.4 Å². The number of carbonyl (C=O) groups is 2. The molecule has 0 saturated heterocycles. The number of carbonyl (C=O) groups excluding carboxylic acids is 1. The zero-order chi connectivity index (χ0) is 14.8. The number of rotatable bonds is 8. The van der Waals surface area contributed by atoms with Crippen LogP contribution in [-0.4, -0.2) is 23.7 Å². The second-order valence-electron chi connectivity index (χ2n) is 4.45. The molecule has 1 aromatic carbocycles. The third-order valence-corrected chi connectivity index (χ3v) is 2.69. The molecule has 1 aromatic rings. The standard InChI is InChI=1S/C14H19FN2O3/c15-11-6-5-7-12(10-11)17-14(20)16-9-4-2-1-3-8-13(18)19/h5-7,10H,1-4,8-9H2,(H,18,19)(H2,16,17,20). The molecule has 3 N–H and O–H groups in total. The Kier molecular flexibility index (Phi) is 7.10. The van der Waals surface area contributed by atoms with E-state index in [1.807, 2.05) is 0 Å². The summed E-state index contributed by atoms with van der Waals surface area (Å²) in [6.45, 7) is 0.508. The van der Waals surface area contributed by atoms with E-state index >= 15 is 0 Å². The monoisotopic (exact) mass is 282 g/mol. The number of carboxylic acid groups (broad SMARTS) is 1. The maximum absolute atomic E-state index is 12.9. The van der Waals surface area contributed by atoms with Crippen LogP contribution < -0.4 is 10.6 Å². The molecule has 0 aliphatic rings. The first kappa shape index (κ1) is 15.9. The second kappa shape index (κ2) is 8.90. The van der Waals surface area contributed by atoms with Gasteiger partial charge in [-0.05, 0) is 31.0 Å². The number of nitrogens with one attached hydrogen (secondary N) is 2. The van der Waals surface area contributed by atoms with E-state index in [0.29, 0.717) is 18.7 Å². The van der Waals surface area contributed by atoms with Gasteiger partial charge in [0, 0.05) is 18.7 Å². The predicted molar refractivity (Wildman–Crippen MR) is 74.1 cm³/mol. The smallest absolute Gasteiger partial charge is 0.319 e. The molecule has 0 aliphatic carbocycles. The van der Waals surface area contributed by atoms with E-state index in [2.05, 4.69) is 10.6 Å². The van der Waals surface area contributed by atoms with Gasteiger partial charge in [-0.1, -0.05) is 18.9 Å². The van der Waals surface area contributed by atoms with E-state index in [1.165, 1.54) is 18.2 Å². The molecule has 0 radical (unpaired) electrons. The van der Waals surface area contributed by atoms with Gasteiger partial charge in [-0.25, -0.2) is 9.18 Å². The van der Waals surface area contributed by atoms with E-state index < -0.39 is 11.8 Å². The first-order valence-corrected chi connectivity index (χ1v) is 6.60. The lowest BCUT2D eigenvalue weighted by atomic mass is 10.1. The van der Waals surface area contributed by atoms with Gasteiger partial charge in [-0.15, -0.1) is 0 Å². The van der Waals surface area contributed by atoms with Crippen LogP contribution in [0, 0.1) is 5.82 Å². The van der Waals surface area contributed by atoms with Crippen LogP contribution in [0.2, 0.25) is 0 Å². The van der Waals surface area contributed by atoms with Crippen LogP contribution >= 0.6 is 0 Å². The number of urea groups is 1. The summed E-state index contributed by atoms with van der Waals surface area (Å²) in [5.41, 5.74) is 0.406. The molecular formula is C14H19FN2O3. The number of unbranched alkanes of at least 4 members (excludes halogenated alkanes) is 3. The number of carboxylic acids is 1. The Hall–Kier alpha value is -2.11. The van der Waals surface area contributed by atoms with Crippen molar-refractivity contribution in [2.75, 3.05) is 11.9 Å². The Morgan fingerprint density at radius 1 is 1.15 bits per heavy atom. The summed E-state index contributed by atoms with van der Waals surface area (Å²) in [6.07, 6.45) is 3.33. The maximum atomic E-state index is 12.9. The van der Waals surface area contributed by atoms with Crippen molar-refractivity contribution >= 4 is 17.7 Å². The largest absolute Gasteiger partial charge is 0.481 e. The number of aliphatic carboxylic acids is 1. The van der Waals surface area contributed by atoms with E-state index in [-0.39, 0.29) is 12.5 Å². The van der Waals surface area contributed by atoms with Crippen LogP contribution in [0.3, 0.4) is 0 Å². The number of anilines is 1. The van der Waals surface area contributed by atoms with Gasteiger partial charge in [0.05, 0.1) is 0 Å². The van der Waals surface area contributed by atoms with Crippen molar-refractivity contribution in [1.82, 2.24) is 5.32 Å². The third kappa shape index (κ3) is 7.35. The Labute approximate surface area is 117 Å². The number of benzene rings is 1. The maximum Gasteiger partial charge on any atom is 0.319 e. The molecule has 0 saturated carbocycles. The quantitative estimate of drug-likeness (QED) is 0.641. The lowest BCUT2D eigenvalue weighted by Crippen LogP contribution is -2.29. The molecule has 5 nitrogen and oxygen atoms in total. The molecule has 110 valence electrons. The number of halogens is 1. The number of hydrogen-bond donors (Lipinski definition) is 3. The fourth-order valence-electron chi connectivity index (χ4n) is 1.70. The molecular weight excluding hydrogens is 263 g/mol. The van der Waals surface area contributed by atoms with Gasteiger partial charge in [0.15, 0.2) is 0 Å². The van der Waals surface area contributed by atoms with Crippen molar-refractivity contribution in [1.29, 1.82) is 0 Å². The summed E-state index contributed by atoms with van der Waals surface area (Å²) < 4.78 is 12.9. The van der Waals surface area contributed by atoms with Gasteiger partial charge < -0.3 is 15.7 Å². The molecule has 0 fully saturated rings. The van der Waals surface area contributed by atoms with Crippen LogP contribution in [-0.2, 0) is 4.79 Å². The van der Waals surface area contributed by atoms with E-state index in [0.717, 1.165) is 19.3 Å². The Morgan fingerprint density at radius 3 is 2.60 bits per heavy atom. The first-order valence-electron chi connectivity index (χ1n) is 6.60. The van der Waals surface area contributed by atoms with E-state index in [4.69, 9.17) is 5.11 Å². The molecule has 20 heavy (non-hydrogen) atoms. The zero-order valence-electron chi connectivity index (χ0n) is 11.2. The van der Waals surface area contributed by atoms with Crippen molar-refractivity contribution in [3.8, 4) is 0 Å². The van der Waals surface area contributed by atoms with Crippen LogP contribution in [0.15, 0.2) is 24.3 Å². The van der Waals surface area contributed by atoms with Crippen LogP contribution in [0.25, 0.3) is 0 Å². The van der Waals surface area contributed by atoms with Crippen LogP contribution in [0.1, 0.15) is 32.1 Å². The SMILES string of the molecule is O=C(O)CCCCCCNC(=O)Nc1cccc(F)c1. The Bertz CT molecular complexity index is 452. The normalized spacial score (nSPS) is 10.1. The van der Waals surface area contributed by atoms with Crippen LogP contribution in [0.4, 0.5) is 14.9 Å². The summed E-state index contributed by atoms with van der Waals surface area (Å²) in [6, 6.07) is 5.30. The lowest BCUT2D eigenvalue weighted by molar-refractivity contribution is -0.137. The van der Waals surface area contributed by atoms with Crippen molar-refractivity contribution in [2.45, 2.75) is 32.1 Å². The Balaban J connectivity index is 2.07. The molecule has 6 heteroatoms. The van der Waals surface area contributed by atoms with Gasteiger partial charge >= 0.3 is 12.0 Å². The van der Waals surface area contributed by atoms with E-state index in [1.54, 1.807) is 6.07 Å². The molecule has 0 unspecified atom stereocenters. The Morgan fingerprint density at radius 2 is 1.90 bits per heavy atom. The molecule has 0 aliphatic heterocycles. The summed E-state index contributed by atoms with van der Waals surface area (Å²) >= 11 is 0. The highest BCUT2D eigenvalue weighted by Gasteiger charge is 2.02.